The highest BCUT2D eigenvalue weighted by Crippen LogP contribution is 2.35. The number of hydrogen-bond donors (Lipinski definition) is 1. The van der Waals surface area contributed by atoms with Crippen LogP contribution in [0, 0.1) is 0 Å². The molecule has 0 amide bonds. The summed E-state index contributed by atoms with van der Waals surface area (Å²) in [6, 6.07) is 10.4. The fourth-order valence-electron chi connectivity index (χ4n) is 3.20. The first-order chi connectivity index (χ1) is 9.49. The number of sulfone groups is 1. The van der Waals surface area contributed by atoms with Crippen molar-refractivity contribution in [2.45, 2.75) is 18.9 Å². The van der Waals surface area contributed by atoms with E-state index in [1.165, 1.54) is 28.2 Å². The molecule has 0 aliphatic heterocycles. The summed E-state index contributed by atoms with van der Waals surface area (Å²) in [4.78, 5) is 0. The lowest BCUT2D eigenvalue weighted by Crippen LogP contribution is -2.24. The van der Waals surface area contributed by atoms with Crippen molar-refractivity contribution < 1.29 is 8.42 Å². The molecule has 1 aliphatic rings. The Morgan fingerprint density at radius 3 is 2.50 bits per heavy atom. The average molecular weight is 289 g/mol. The topological polar surface area (TPSA) is 46.2 Å². The maximum atomic E-state index is 11.6. The Kier molecular flexibility index (Phi) is 3.30. The van der Waals surface area contributed by atoms with Gasteiger partial charge in [-0.25, -0.2) is 8.42 Å². The molecule has 3 rings (SSSR count). The third-order valence-electron chi connectivity index (χ3n) is 4.10. The first-order valence-electron chi connectivity index (χ1n) is 6.88. The number of rotatable bonds is 4. The Balaban J connectivity index is 2.17. The van der Waals surface area contributed by atoms with Crippen molar-refractivity contribution in [2.75, 3.05) is 19.1 Å². The summed E-state index contributed by atoms with van der Waals surface area (Å²) in [5.41, 5.74) is 3.85. The Morgan fingerprint density at radius 2 is 1.85 bits per heavy atom. The van der Waals surface area contributed by atoms with Crippen molar-refractivity contribution in [3.05, 3.63) is 47.0 Å². The van der Waals surface area contributed by atoms with Crippen molar-refractivity contribution in [2.24, 2.45) is 0 Å². The van der Waals surface area contributed by atoms with E-state index in [-0.39, 0.29) is 11.8 Å². The minimum Gasteiger partial charge on any atom is -0.312 e. The van der Waals surface area contributed by atoms with Crippen LogP contribution in [0.25, 0.3) is 10.8 Å². The molecule has 3 nitrogen and oxygen atoms in total. The second-order valence-corrected chi connectivity index (χ2v) is 7.77. The average Bonchev–Trinajstić information content (AvgIpc) is 2.81. The van der Waals surface area contributed by atoms with Gasteiger partial charge >= 0.3 is 0 Å². The van der Waals surface area contributed by atoms with Crippen LogP contribution >= 0.6 is 0 Å². The highest BCUT2D eigenvalue weighted by molar-refractivity contribution is 7.90. The van der Waals surface area contributed by atoms with Crippen molar-refractivity contribution in [1.82, 2.24) is 5.32 Å². The highest BCUT2D eigenvalue weighted by atomic mass is 32.2. The maximum absolute atomic E-state index is 11.6. The van der Waals surface area contributed by atoms with Crippen LogP contribution in [0.15, 0.2) is 30.3 Å². The maximum Gasteiger partial charge on any atom is 0.149 e. The highest BCUT2D eigenvalue weighted by Gasteiger charge is 2.21. The summed E-state index contributed by atoms with van der Waals surface area (Å²) in [7, 11) is -1.20. The van der Waals surface area contributed by atoms with E-state index < -0.39 is 9.84 Å². The number of hydrogen-bond acceptors (Lipinski definition) is 3. The second-order valence-electron chi connectivity index (χ2n) is 5.59. The Bertz CT molecular complexity index is 755. The summed E-state index contributed by atoms with van der Waals surface area (Å²) < 4.78 is 23.2. The van der Waals surface area contributed by atoms with Crippen LogP contribution in [-0.4, -0.2) is 27.5 Å². The van der Waals surface area contributed by atoms with Crippen LogP contribution in [0.2, 0.25) is 0 Å². The van der Waals surface area contributed by atoms with Crippen molar-refractivity contribution in [1.29, 1.82) is 0 Å². The zero-order valence-corrected chi connectivity index (χ0v) is 12.6. The van der Waals surface area contributed by atoms with E-state index in [2.05, 4.69) is 35.6 Å². The van der Waals surface area contributed by atoms with Crippen LogP contribution in [0.4, 0.5) is 0 Å². The van der Waals surface area contributed by atoms with Gasteiger partial charge in [0.2, 0.25) is 0 Å². The molecule has 2 aromatic carbocycles. The Morgan fingerprint density at radius 1 is 1.15 bits per heavy atom. The van der Waals surface area contributed by atoms with Gasteiger partial charge in [-0.2, -0.15) is 0 Å². The molecule has 1 aliphatic carbocycles. The van der Waals surface area contributed by atoms with E-state index in [1.807, 2.05) is 7.05 Å². The van der Waals surface area contributed by atoms with Gasteiger partial charge in [0, 0.05) is 12.3 Å². The quantitative estimate of drug-likeness (QED) is 0.939. The molecule has 1 unspecified atom stereocenters. The molecule has 0 saturated heterocycles. The summed E-state index contributed by atoms with van der Waals surface area (Å²) in [5.74, 6) is 0.127. The largest absolute Gasteiger partial charge is 0.312 e. The van der Waals surface area contributed by atoms with Crippen molar-refractivity contribution >= 4 is 20.6 Å². The van der Waals surface area contributed by atoms with Crippen LogP contribution < -0.4 is 5.32 Å². The molecule has 0 aromatic heterocycles. The molecule has 2 aromatic rings. The van der Waals surface area contributed by atoms with E-state index >= 15 is 0 Å². The van der Waals surface area contributed by atoms with Gasteiger partial charge in [-0.3, -0.25) is 0 Å². The SMILES string of the molecule is CNC(CS(C)(=O)=O)c1ccc2c3c(cccc13)CC2. The third-order valence-corrected chi connectivity index (χ3v) is 5.04. The molecule has 4 heteroatoms. The first kappa shape index (κ1) is 13.6. The van der Waals surface area contributed by atoms with Gasteiger partial charge in [0.05, 0.1) is 5.75 Å². The monoisotopic (exact) mass is 289 g/mol. The minimum absolute atomic E-state index is 0.127. The van der Waals surface area contributed by atoms with Crippen LogP contribution in [0.5, 0.6) is 0 Å². The normalized spacial score (nSPS) is 15.7. The summed E-state index contributed by atoms with van der Waals surface area (Å²) in [6.07, 6.45) is 3.47. The van der Waals surface area contributed by atoms with Gasteiger partial charge in [-0.1, -0.05) is 30.3 Å². The van der Waals surface area contributed by atoms with Gasteiger partial charge in [-0.15, -0.1) is 0 Å². The van der Waals surface area contributed by atoms with Crippen molar-refractivity contribution in [3.63, 3.8) is 0 Å². The van der Waals surface area contributed by atoms with E-state index in [0.29, 0.717) is 0 Å². The summed E-state index contributed by atoms with van der Waals surface area (Å²) >= 11 is 0. The van der Waals surface area contributed by atoms with Crippen molar-refractivity contribution in [3.8, 4) is 0 Å². The smallest absolute Gasteiger partial charge is 0.149 e. The van der Waals surface area contributed by atoms with E-state index in [9.17, 15) is 8.42 Å². The summed E-state index contributed by atoms with van der Waals surface area (Å²) in [6.45, 7) is 0. The van der Waals surface area contributed by atoms with Gasteiger partial charge in [-0.05, 0) is 47.4 Å². The number of nitrogens with one attached hydrogen (secondary N) is 1. The standard InChI is InChI=1S/C16H19NO2S/c1-17-15(10-20(2,18)19)13-9-8-12-7-6-11-4-3-5-14(13)16(11)12/h3-5,8-9,15,17H,6-7,10H2,1-2H3. The molecule has 106 valence electrons. The first-order valence-corrected chi connectivity index (χ1v) is 8.94. The van der Waals surface area contributed by atoms with Crippen LogP contribution in [-0.2, 0) is 22.7 Å². The van der Waals surface area contributed by atoms with Gasteiger partial charge in [0.15, 0.2) is 0 Å². The lowest BCUT2D eigenvalue weighted by Gasteiger charge is -2.18. The predicted octanol–water partition coefficient (Wildman–Crippen LogP) is 2.24. The Hall–Kier alpha value is -1.39. The second kappa shape index (κ2) is 4.86. The zero-order chi connectivity index (χ0) is 14.3. The fourth-order valence-corrected chi connectivity index (χ4v) is 4.16. The van der Waals surface area contributed by atoms with Crippen LogP contribution in [0.3, 0.4) is 0 Å². The molecule has 0 saturated carbocycles. The van der Waals surface area contributed by atoms with E-state index in [4.69, 9.17) is 0 Å². The lowest BCUT2D eigenvalue weighted by atomic mass is 9.96. The number of aryl methyl sites for hydroxylation is 2. The fraction of sp³-hybridized carbons (Fsp3) is 0.375. The third kappa shape index (κ3) is 2.34. The molecule has 1 N–H and O–H groups in total. The molecule has 1 atom stereocenters. The zero-order valence-electron chi connectivity index (χ0n) is 11.8. The van der Waals surface area contributed by atoms with Crippen LogP contribution in [0.1, 0.15) is 22.7 Å². The molecule has 0 heterocycles. The molecular weight excluding hydrogens is 270 g/mol. The van der Waals surface area contributed by atoms with Gasteiger partial charge in [0.1, 0.15) is 9.84 Å². The minimum atomic E-state index is -3.02. The van der Waals surface area contributed by atoms with Gasteiger partial charge < -0.3 is 5.32 Å². The number of benzene rings is 2. The predicted molar refractivity (Wildman–Crippen MR) is 82.9 cm³/mol. The Labute approximate surface area is 119 Å². The molecule has 0 radical (unpaired) electrons. The summed E-state index contributed by atoms with van der Waals surface area (Å²) in [5, 5.41) is 5.67. The molecule has 20 heavy (non-hydrogen) atoms. The van der Waals surface area contributed by atoms with Gasteiger partial charge in [0.25, 0.3) is 0 Å². The molecule has 0 spiro atoms. The van der Waals surface area contributed by atoms with E-state index in [1.54, 1.807) is 0 Å². The molecule has 0 bridgehead atoms. The molecular formula is C16H19NO2S. The lowest BCUT2D eigenvalue weighted by molar-refractivity contribution is 0.580. The van der Waals surface area contributed by atoms with E-state index in [0.717, 1.165) is 18.4 Å². The molecule has 0 fully saturated rings.